The molecule has 1 atom stereocenters. The molecule has 1 unspecified atom stereocenters. The van der Waals surface area contributed by atoms with Crippen molar-refractivity contribution in [2.75, 3.05) is 0 Å². The molecule has 0 bridgehead atoms. The maximum atomic E-state index is 3.71. The molecule has 0 saturated heterocycles. The van der Waals surface area contributed by atoms with Crippen LogP contribution in [0.1, 0.15) is 32.3 Å². The highest BCUT2D eigenvalue weighted by Gasteiger charge is 2.08. The molecule has 0 aliphatic rings. The Morgan fingerprint density at radius 2 is 2.23 bits per heavy atom. The van der Waals surface area contributed by atoms with Crippen LogP contribution in [-0.2, 0) is 6.42 Å². The zero-order valence-corrected chi connectivity index (χ0v) is 10.7. The van der Waals surface area contributed by atoms with E-state index < -0.39 is 0 Å². The van der Waals surface area contributed by atoms with Crippen LogP contribution in [0.4, 0.5) is 0 Å². The van der Waals surface area contributed by atoms with E-state index in [2.05, 4.69) is 46.6 Å². The van der Waals surface area contributed by atoms with Crippen molar-refractivity contribution >= 4 is 27.3 Å². The van der Waals surface area contributed by atoms with E-state index in [9.17, 15) is 0 Å². The van der Waals surface area contributed by atoms with Crippen LogP contribution >= 0.6 is 27.3 Å². The van der Waals surface area contributed by atoms with E-state index in [1.54, 1.807) is 11.3 Å². The summed E-state index contributed by atoms with van der Waals surface area (Å²) in [6.07, 6.45) is 3.82. The average molecular weight is 261 g/mol. The molecule has 0 nitrogen and oxygen atoms in total. The van der Waals surface area contributed by atoms with Gasteiger partial charge in [0.1, 0.15) is 0 Å². The minimum absolute atomic E-state index is 0.686. The third kappa shape index (κ3) is 4.28. The monoisotopic (exact) mass is 260 g/mol. The smallest absolute Gasteiger partial charge is 0.0168 e. The van der Waals surface area contributed by atoms with Gasteiger partial charge in [-0.1, -0.05) is 29.8 Å². The standard InChI is InChI=1S/C11H17BrS/c1-9(2)11(12)5-3-4-10-6-7-13-8-10/h6-9,11H,3-5H2,1-2H3. The fourth-order valence-electron chi connectivity index (χ4n) is 1.27. The molecule has 0 saturated carbocycles. The Hall–Kier alpha value is 0.180. The molecule has 2 heteroatoms. The fourth-order valence-corrected chi connectivity index (χ4v) is 2.30. The summed E-state index contributed by atoms with van der Waals surface area (Å²) < 4.78 is 0. The summed E-state index contributed by atoms with van der Waals surface area (Å²) in [5, 5.41) is 4.40. The maximum Gasteiger partial charge on any atom is 0.0168 e. The zero-order valence-electron chi connectivity index (χ0n) is 8.29. The SMILES string of the molecule is CC(C)C(Br)CCCc1ccsc1. The van der Waals surface area contributed by atoms with Gasteiger partial charge in [-0.15, -0.1) is 0 Å². The van der Waals surface area contributed by atoms with Crippen molar-refractivity contribution in [3.63, 3.8) is 0 Å². The summed E-state index contributed by atoms with van der Waals surface area (Å²) in [6, 6.07) is 2.23. The highest BCUT2D eigenvalue weighted by atomic mass is 79.9. The first-order valence-electron chi connectivity index (χ1n) is 4.85. The fraction of sp³-hybridized carbons (Fsp3) is 0.636. The molecular formula is C11H17BrS. The Bertz CT molecular complexity index is 216. The summed E-state index contributed by atoms with van der Waals surface area (Å²) in [6.45, 7) is 4.54. The Balaban J connectivity index is 2.14. The van der Waals surface area contributed by atoms with Gasteiger partial charge in [-0.3, -0.25) is 0 Å². The molecule has 0 fully saturated rings. The van der Waals surface area contributed by atoms with E-state index in [1.165, 1.54) is 24.8 Å². The zero-order chi connectivity index (χ0) is 9.68. The third-order valence-corrected chi connectivity index (χ3v) is 4.50. The lowest BCUT2D eigenvalue weighted by atomic mass is 10.0. The molecule has 1 aromatic heterocycles. The van der Waals surface area contributed by atoms with E-state index in [-0.39, 0.29) is 0 Å². The van der Waals surface area contributed by atoms with Gasteiger partial charge in [-0.2, -0.15) is 11.3 Å². The van der Waals surface area contributed by atoms with Crippen molar-refractivity contribution < 1.29 is 0 Å². The molecule has 0 aromatic carbocycles. The molecule has 0 aliphatic carbocycles. The van der Waals surface area contributed by atoms with E-state index in [1.807, 2.05) is 0 Å². The molecule has 13 heavy (non-hydrogen) atoms. The quantitative estimate of drug-likeness (QED) is 0.685. The number of halogens is 1. The van der Waals surface area contributed by atoms with Crippen molar-refractivity contribution in [3.8, 4) is 0 Å². The minimum Gasteiger partial charge on any atom is -0.152 e. The van der Waals surface area contributed by atoms with Crippen LogP contribution in [0.2, 0.25) is 0 Å². The second kappa shape index (κ2) is 5.82. The Morgan fingerprint density at radius 3 is 2.77 bits per heavy atom. The van der Waals surface area contributed by atoms with E-state index >= 15 is 0 Å². The van der Waals surface area contributed by atoms with Gasteiger partial charge in [-0.25, -0.2) is 0 Å². The predicted octanol–water partition coefficient (Wildman–Crippen LogP) is 4.49. The molecule has 0 spiro atoms. The first-order valence-corrected chi connectivity index (χ1v) is 6.71. The van der Waals surface area contributed by atoms with Crippen LogP contribution in [0.15, 0.2) is 16.8 Å². The van der Waals surface area contributed by atoms with Crippen molar-refractivity contribution in [1.29, 1.82) is 0 Å². The Labute approximate surface area is 93.5 Å². The topological polar surface area (TPSA) is 0 Å². The van der Waals surface area contributed by atoms with Gasteiger partial charge in [0.05, 0.1) is 0 Å². The second-order valence-corrected chi connectivity index (χ2v) is 5.74. The van der Waals surface area contributed by atoms with Crippen molar-refractivity contribution in [1.82, 2.24) is 0 Å². The van der Waals surface area contributed by atoms with Gasteiger partial charge in [0.2, 0.25) is 0 Å². The largest absolute Gasteiger partial charge is 0.152 e. The van der Waals surface area contributed by atoms with Gasteiger partial charge in [0.25, 0.3) is 0 Å². The number of hydrogen-bond donors (Lipinski definition) is 0. The molecule has 0 amide bonds. The number of rotatable bonds is 5. The van der Waals surface area contributed by atoms with Crippen LogP contribution < -0.4 is 0 Å². The van der Waals surface area contributed by atoms with E-state index in [4.69, 9.17) is 0 Å². The third-order valence-electron chi connectivity index (χ3n) is 2.25. The molecule has 1 heterocycles. The van der Waals surface area contributed by atoms with Crippen molar-refractivity contribution in [2.24, 2.45) is 5.92 Å². The lowest BCUT2D eigenvalue weighted by molar-refractivity contribution is 0.563. The van der Waals surface area contributed by atoms with Crippen LogP contribution in [0.3, 0.4) is 0 Å². The summed E-state index contributed by atoms with van der Waals surface area (Å²) in [5.74, 6) is 0.752. The van der Waals surface area contributed by atoms with Crippen molar-refractivity contribution in [3.05, 3.63) is 22.4 Å². The molecule has 0 aliphatic heterocycles. The molecular weight excluding hydrogens is 244 g/mol. The average Bonchev–Trinajstić information content (AvgIpc) is 2.56. The Morgan fingerprint density at radius 1 is 1.46 bits per heavy atom. The molecule has 1 aromatic rings. The number of aryl methyl sites for hydroxylation is 1. The van der Waals surface area contributed by atoms with E-state index in [0.717, 1.165) is 5.92 Å². The van der Waals surface area contributed by atoms with Crippen LogP contribution in [0.25, 0.3) is 0 Å². The summed E-state index contributed by atoms with van der Waals surface area (Å²) in [5.41, 5.74) is 1.49. The molecule has 0 radical (unpaired) electrons. The molecule has 0 N–H and O–H groups in total. The van der Waals surface area contributed by atoms with Gasteiger partial charge in [0, 0.05) is 4.83 Å². The van der Waals surface area contributed by atoms with Gasteiger partial charge < -0.3 is 0 Å². The summed E-state index contributed by atoms with van der Waals surface area (Å²) >= 11 is 5.50. The predicted molar refractivity (Wildman–Crippen MR) is 64.8 cm³/mol. The van der Waals surface area contributed by atoms with Crippen LogP contribution in [0, 0.1) is 5.92 Å². The lowest BCUT2D eigenvalue weighted by Crippen LogP contribution is -2.06. The minimum atomic E-state index is 0.686. The van der Waals surface area contributed by atoms with Gasteiger partial charge in [0.15, 0.2) is 0 Å². The molecule has 1 rings (SSSR count). The molecule has 74 valence electrons. The normalized spacial score (nSPS) is 13.5. The number of thiophene rings is 1. The maximum absolute atomic E-state index is 3.71. The van der Waals surface area contributed by atoms with Crippen LogP contribution in [-0.4, -0.2) is 4.83 Å². The van der Waals surface area contributed by atoms with Gasteiger partial charge >= 0.3 is 0 Å². The van der Waals surface area contributed by atoms with Crippen LogP contribution in [0.5, 0.6) is 0 Å². The first kappa shape index (κ1) is 11.3. The second-order valence-electron chi connectivity index (χ2n) is 3.78. The highest BCUT2D eigenvalue weighted by molar-refractivity contribution is 9.09. The van der Waals surface area contributed by atoms with Gasteiger partial charge in [-0.05, 0) is 47.6 Å². The highest BCUT2D eigenvalue weighted by Crippen LogP contribution is 2.19. The lowest BCUT2D eigenvalue weighted by Gasteiger charge is -2.12. The van der Waals surface area contributed by atoms with E-state index in [0.29, 0.717) is 4.83 Å². The summed E-state index contributed by atoms with van der Waals surface area (Å²) in [4.78, 5) is 0.686. The van der Waals surface area contributed by atoms with Crippen molar-refractivity contribution in [2.45, 2.75) is 37.9 Å². The summed E-state index contributed by atoms with van der Waals surface area (Å²) in [7, 11) is 0. The number of alkyl halides is 1. The first-order chi connectivity index (χ1) is 6.20. The number of hydrogen-bond acceptors (Lipinski definition) is 1. The Kier molecular flexibility index (Phi) is 5.04.